The van der Waals surface area contributed by atoms with Crippen LogP contribution in [0.2, 0.25) is 0 Å². The van der Waals surface area contributed by atoms with Crippen LogP contribution in [0.5, 0.6) is 0 Å². The van der Waals surface area contributed by atoms with Crippen LogP contribution in [0, 0.1) is 5.92 Å². The second kappa shape index (κ2) is 5.60. The molecule has 0 bridgehead atoms. The Balaban J connectivity index is 1.67. The molecule has 1 aliphatic heterocycles. The first kappa shape index (κ1) is 13.7. The van der Waals surface area contributed by atoms with E-state index in [9.17, 15) is 4.79 Å². The fourth-order valence-electron chi connectivity index (χ4n) is 2.81. The first-order valence-corrected chi connectivity index (χ1v) is 8.32. The van der Waals surface area contributed by atoms with Crippen LogP contribution in [-0.2, 0) is 0 Å². The monoisotopic (exact) mass is 294 g/mol. The number of aromatic nitrogens is 1. The van der Waals surface area contributed by atoms with Gasteiger partial charge in [0.05, 0.1) is 0 Å². The number of nitrogen functional groups attached to an aromatic ring is 1. The molecule has 0 aromatic carbocycles. The number of thiazole rings is 1. The SMILES string of the molecule is CCC1CC1NC(=O)c1sc(N2CCCCC2)nc1N. The molecule has 2 aliphatic rings. The maximum Gasteiger partial charge on any atom is 0.265 e. The zero-order chi connectivity index (χ0) is 14.1. The van der Waals surface area contributed by atoms with Gasteiger partial charge in [0.1, 0.15) is 10.7 Å². The van der Waals surface area contributed by atoms with Crippen LogP contribution in [0.15, 0.2) is 0 Å². The normalized spacial score (nSPS) is 25.6. The summed E-state index contributed by atoms with van der Waals surface area (Å²) in [6.45, 7) is 4.20. The van der Waals surface area contributed by atoms with Gasteiger partial charge < -0.3 is 16.0 Å². The number of nitrogens with one attached hydrogen (secondary N) is 1. The second-order valence-corrected chi connectivity index (χ2v) is 6.72. The Morgan fingerprint density at radius 1 is 1.45 bits per heavy atom. The Labute approximate surface area is 123 Å². The van der Waals surface area contributed by atoms with Crippen LogP contribution in [0.25, 0.3) is 0 Å². The molecule has 1 aromatic rings. The van der Waals surface area contributed by atoms with E-state index in [0.717, 1.165) is 31.1 Å². The van der Waals surface area contributed by atoms with Crippen molar-refractivity contribution in [2.24, 2.45) is 5.92 Å². The molecule has 20 heavy (non-hydrogen) atoms. The first-order chi connectivity index (χ1) is 9.69. The standard InChI is InChI=1S/C14H22N4OS/c1-2-9-8-10(9)16-13(19)11-12(15)17-14(20-11)18-6-4-3-5-7-18/h9-10H,2-8,15H2,1H3,(H,16,19). The lowest BCUT2D eigenvalue weighted by atomic mass is 10.1. The highest BCUT2D eigenvalue weighted by atomic mass is 32.1. The van der Waals surface area contributed by atoms with Crippen molar-refractivity contribution < 1.29 is 4.79 Å². The van der Waals surface area contributed by atoms with Crippen LogP contribution in [0.4, 0.5) is 10.9 Å². The van der Waals surface area contributed by atoms with E-state index >= 15 is 0 Å². The van der Waals surface area contributed by atoms with Gasteiger partial charge in [-0.1, -0.05) is 24.7 Å². The van der Waals surface area contributed by atoms with E-state index in [1.165, 1.54) is 30.6 Å². The van der Waals surface area contributed by atoms with E-state index in [1.54, 1.807) is 0 Å². The highest BCUT2D eigenvalue weighted by molar-refractivity contribution is 7.18. The molecule has 6 heteroatoms. The van der Waals surface area contributed by atoms with Crippen molar-refractivity contribution in [3.63, 3.8) is 0 Å². The number of carbonyl (C=O) groups excluding carboxylic acids is 1. The third-order valence-electron chi connectivity index (χ3n) is 4.24. The Morgan fingerprint density at radius 3 is 2.85 bits per heavy atom. The smallest absolute Gasteiger partial charge is 0.265 e. The van der Waals surface area contributed by atoms with Gasteiger partial charge in [-0.2, -0.15) is 0 Å². The molecule has 2 heterocycles. The van der Waals surface area contributed by atoms with E-state index in [0.29, 0.717) is 22.7 Å². The summed E-state index contributed by atoms with van der Waals surface area (Å²) in [5.74, 6) is 0.973. The molecule has 1 amide bonds. The number of carbonyl (C=O) groups is 1. The van der Waals surface area contributed by atoms with Crippen LogP contribution in [0.1, 0.15) is 48.7 Å². The number of amides is 1. The van der Waals surface area contributed by atoms with E-state index in [2.05, 4.69) is 22.1 Å². The van der Waals surface area contributed by atoms with Gasteiger partial charge in [0.15, 0.2) is 5.13 Å². The van der Waals surface area contributed by atoms with E-state index in [1.807, 2.05) is 0 Å². The minimum absolute atomic E-state index is 0.0517. The van der Waals surface area contributed by atoms with Gasteiger partial charge in [-0.15, -0.1) is 0 Å². The van der Waals surface area contributed by atoms with Crippen molar-refractivity contribution in [3.05, 3.63) is 4.88 Å². The maximum atomic E-state index is 12.2. The van der Waals surface area contributed by atoms with Gasteiger partial charge in [0.2, 0.25) is 0 Å². The molecule has 5 nitrogen and oxygen atoms in total. The predicted molar refractivity (Wildman–Crippen MR) is 82.2 cm³/mol. The molecule has 110 valence electrons. The average Bonchev–Trinajstić information content (AvgIpc) is 3.10. The largest absolute Gasteiger partial charge is 0.382 e. The van der Waals surface area contributed by atoms with E-state index < -0.39 is 0 Å². The molecular formula is C14H22N4OS. The van der Waals surface area contributed by atoms with Gasteiger partial charge in [0.25, 0.3) is 5.91 Å². The summed E-state index contributed by atoms with van der Waals surface area (Å²) in [5.41, 5.74) is 5.92. The minimum Gasteiger partial charge on any atom is -0.382 e. The van der Waals surface area contributed by atoms with Gasteiger partial charge in [-0.3, -0.25) is 4.79 Å². The Morgan fingerprint density at radius 2 is 2.20 bits per heavy atom. The number of piperidine rings is 1. The molecule has 1 aliphatic carbocycles. The molecule has 2 fully saturated rings. The van der Waals surface area contributed by atoms with Crippen LogP contribution < -0.4 is 16.0 Å². The number of rotatable bonds is 4. The van der Waals surface area contributed by atoms with Crippen LogP contribution >= 0.6 is 11.3 Å². The molecule has 1 saturated heterocycles. The van der Waals surface area contributed by atoms with Gasteiger partial charge in [0, 0.05) is 19.1 Å². The molecule has 2 atom stereocenters. The van der Waals surface area contributed by atoms with Crippen molar-refractivity contribution in [2.75, 3.05) is 23.7 Å². The molecular weight excluding hydrogens is 272 g/mol. The molecule has 2 unspecified atom stereocenters. The van der Waals surface area contributed by atoms with Crippen molar-refractivity contribution >= 4 is 28.2 Å². The highest BCUT2D eigenvalue weighted by Gasteiger charge is 2.37. The average molecular weight is 294 g/mol. The first-order valence-electron chi connectivity index (χ1n) is 7.51. The van der Waals surface area contributed by atoms with Crippen LogP contribution in [-0.4, -0.2) is 30.0 Å². The molecule has 0 radical (unpaired) electrons. The van der Waals surface area contributed by atoms with E-state index in [-0.39, 0.29) is 5.91 Å². The summed E-state index contributed by atoms with van der Waals surface area (Å²) in [7, 11) is 0. The van der Waals surface area contributed by atoms with Crippen molar-refractivity contribution in [3.8, 4) is 0 Å². The summed E-state index contributed by atoms with van der Waals surface area (Å²) in [4.78, 5) is 19.4. The number of hydrogen-bond donors (Lipinski definition) is 2. The zero-order valence-electron chi connectivity index (χ0n) is 11.9. The summed E-state index contributed by atoms with van der Waals surface area (Å²) >= 11 is 1.43. The van der Waals surface area contributed by atoms with Crippen molar-refractivity contribution in [2.45, 2.75) is 45.1 Å². The van der Waals surface area contributed by atoms with Gasteiger partial charge in [-0.25, -0.2) is 4.98 Å². The third kappa shape index (κ3) is 2.75. The lowest BCUT2D eigenvalue weighted by Crippen LogP contribution is -2.29. The van der Waals surface area contributed by atoms with Gasteiger partial charge >= 0.3 is 0 Å². The van der Waals surface area contributed by atoms with Gasteiger partial charge in [-0.05, 0) is 31.6 Å². The maximum absolute atomic E-state index is 12.2. The molecule has 1 saturated carbocycles. The predicted octanol–water partition coefficient (Wildman–Crippen LogP) is 2.24. The molecule has 1 aromatic heterocycles. The minimum atomic E-state index is -0.0517. The highest BCUT2D eigenvalue weighted by Crippen LogP contribution is 2.35. The lowest BCUT2D eigenvalue weighted by Gasteiger charge is -2.25. The van der Waals surface area contributed by atoms with Crippen LogP contribution in [0.3, 0.4) is 0 Å². The van der Waals surface area contributed by atoms with Crippen molar-refractivity contribution in [1.82, 2.24) is 10.3 Å². The summed E-state index contributed by atoms with van der Waals surface area (Å²) < 4.78 is 0. The second-order valence-electron chi connectivity index (χ2n) is 5.74. The zero-order valence-corrected chi connectivity index (χ0v) is 12.7. The number of nitrogens with two attached hydrogens (primary N) is 1. The Hall–Kier alpha value is -1.30. The number of hydrogen-bond acceptors (Lipinski definition) is 5. The fraction of sp³-hybridized carbons (Fsp3) is 0.714. The number of nitrogens with zero attached hydrogens (tertiary/aromatic N) is 2. The lowest BCUT2D eigenvalue weighted by molar-refractivity contribution is 0.0953. The quantitative estimate of drug-likeness (QED) is 0.893. The Kier molecular flexibility index (Phi) is 3.83. The summed E-state index contributed by atoms with van der Waals surface area (Å²) in [6, 6.07) is 0.340. The summed E-state index contributed by atoms with van der Waals surface area (Å²) in [5, 5.41) is 3.96. The Bertz CT molecular complexity index is 495. The topological polar surface area (TPSA) is 71.2 Å². The third-order valence-corrected chi connectivity index (χ3v) is 5.37. The molecule has 3 N–H and O–H groups in total. The summed E-state index contributed by atoms with van der Waals surface area (Å²) in [6.07, 6.45) is 5.90. The van der Waals surface area contributed by atoms with Crippen molar-refractivity contribution in [1.29, 1.82) is 0 Å². The number of anilines is 2. The van der Waals surface area contributed by atoms with E-state index in [4.69, 9.17) is 5.73 Å². The fourth-order valence-corrected chi connectivity index (χ4v) is 3.75. The molecule has 0 spiro atoms. The molecule has 3 rings (SSSR count).